The van der Waals surface area contributed by atoms with Gasteiger partial charge in [0.15, 0.2) is 0 Å². The van der Waals surface area contributed by atoms with Crippen molar-refractivity contribution < 1.29 is 9.50 Å². The Hall–Kier alpha value is -0.860. The normalized spacial score (nSPS) is 12.5. The number of aryl methyl sites for hydroxylation is 1. The molecule has 75 valence electrons. The molecule has 1 rings (SSSR count). The Morgan fingerprint density at radius 1 is 1.43 bits per heavy atom. The van der Waals surface area contributed by atoms with E-state index in [1.165, 1.54) is 12.1 Å². The number of rotatable bonds is 4. The van der Waals surface area contributed by atoms with E-state index in [4.69, 9.17) is 18.2 Å². The highest BCUT2D eigenvalue weighted by Crippen LogP contribution is 2.12. The predicted molar refractivity (Wildman–Crippen MR) is 54.4 cm³/mol. The van der Waals surface area contributed by atoms with Crippen molar-refractivity contribution in [1.29, 1.82) is 0 Å². The van der Waals surface area contributed by atoms with E-state index < -0.39 is 6.10 Å². The minimum atomic E-state index is -0.804. The summed E-state index contributed by atoms with van der Waals surface area (Å²) in [5.74, 6) is -0.266. The number of aliphatic hydroxyl groups excluding tert-OH is 1. The van der Waals surface area contributed by atoms with E-state index in [-0.39, 0.29) is 10.8 Å². The summed E-state index contributed by atoms with van der Waals surface area (Å²) in [6, 6.07) is 6.11. The molecule has 14 heavy (non-hydrogen) atoms. The average molecular weight is 214 g/mol. The molecule has 0 bridgehead atoms. The molecule has 0 heterocycles. The average Bonchev–Trinajstić information content (AvgIpc) is 2.16. The van der Waals surface area contributed by atoms with Crippen LogP contribution in [-0.2, 0) is 6.42 Å². The number of hydrogen-bond acceptors (Lipinski definition) is 1. The fourth-order valence-electron chi connectivity index (χ4n) is 1.09. The van der Waals surface area contributed by atoms with Crippen LogP contribution in [0.15, 0.2) is 29.3 Å². The standard InChI is InChI=1S/C11H11ClFO/c1-8(12)11(14)7-4-9-2-5-10(13)6-3-9/h1-3,5-6,11,14H,4,7H2. The lowest BCUT2D eigenvalue weighted by Gasteiger charge is -2.07. The number of benzene rings is 1. The van der Waals surface area contributed by atoms with Gasteiger partial charge in [0.1, 0.15) is 5.82 Å². The number of hydrogen-bond donors (Lipinski definition) is 1. The van der Waals surface area contributed by atoms with Gasteiger partial charge in [-0.2, -0.15) is 0 Å². The summed E-state index contributed by atoms with van der Waals surface area (Å²) in [7, 11) is 0. The van der Waals surface area contributed by atoms with Gasteiger partial charge in [0.05, 0.1) is 6.10 Å². The molecule has 1 aromatic rings. The highest BCUT2D eigenvalue weighted by Gasteiger charge is 2.06. The van der Waals surface area contributed by atoms with Gasteiger partial charge in [-0.05, 0) is 37.1 Å². The lowest BCUT2D eigenvalue weighted by Crippen LogP contribution is -2.07. The van der Waals surface area contributed by atoms with Gasteiger partial charge in [-0.15, -0.1) is 0 Å². The highest BCUT2D eigenvalue weighted by atomic mass is 35.5. The Kier molecular flexibility index (Phi) is 4.11. The summed E-state index contributed by atoms with van der Waals surface area (Å²) in [6.45, 7) is 5.20. The van der Waals surface area contributed by atoms with Crippen molar-refractivity contribution in [3.8, 4) is 0 Å². The third kappa shape index (κ3) is 3.48. The molecule has 0 amide bonds. The van der Waals surface area contributed by atoms with Gasteiger partial charge < -0.3 is 5.11 Å². The van der Waals surface area contributed by atoms with E-state index in [9.17, 15) is 9.50 Å². The van der Waals surface area contributed by atoms with Crippen molar-refractivity contribution >= 4 is 11.6 Å². The topological polar surface area (TPSA) is 20.2 Å². The van der Waals surface area contributed by atoms with Crippen molar-refractivity contribution in [1.82, 2.24) is 0 Å². The van der Waals surface area contributed by atoms with E-state index >= 15 is 0 Å². The Morgan fingerprint density at radius 3 is 2.50 bits per heavy atom. The molecule has 1 aromatic carbocycles. The second-order valence-electron chi connectivity index (χ2n) is 3.07. The molecular formula is C11H11ClFO. The zero-order valence-electron chi connectivity index (χ0n) is 7.58. The van der Waals surface area contributed by atoms with Gasteiger partial charge in [0.25, 0.3) is 0 Å². The van der Waals surface area contributed by atoms with Gasteiger partial charge in [0, 0.05) is 5.03 Å². The molecule has 0 fully saturated rings. The first-order chi connectivity index (χ1) is 6.59. The first-order valence-electron chi connectivity index (χ1n) is 4.30. The van der Waals surface area contributed by atoms with Crippen LogP contribution in [0.4, 0.5) is 4.39 Å². The smallest absolute Gasteiger partial charge is 0.123 e. The summed E-state index contributed by atoms with van der Waals surface area (Å²) in [6.07, 6.45) is 0.261. The highest BCUT2D eigenvalue weighted by molar-refractivity contribution is 6.29. The summed E-state index contributed by atoms with van der Waals surface area (Å²) in [5.41, 5.74) is 0.948. The van der Waals surface area contributed by atoms with Gasteiger partial charge in [-0.25, -0.2) is 4.39 Å². The number of aliphatic hydroxyl groups is 1. The molecule has 0 aromatic heterocycles. The monoisotopic (exact) mass is 213 g/mol. The fraction of sp³-hybridized carbons (Fsp3) is 0.273. The Labute approximate surface area is 87.8 Å². The van der Waals surface area contributed by atoms with Crippen molar-refractivity contribution in [3.05, 3.63) is 47.3 Å². The van der Waals surface area contributed by atoms with Gasteiger partial charge in [-0.1, -0.05) is 23.7 Å². The van der Waals surface area contributed by atoms with Crippen LogP contribution in [0, 0.1) is 12.4 Å². The maximum absolute atomic E-state index is 12.5. The quantitative estimate of drug-likeness (QED) is 0.816. The SMILES string of the molecule is [CH]=C(Cl)C(O)CCc1ccc(F)cc1. The first-order valence-corrected chi connectivity index (χ1v) is 4.67. The van der Waals surface area contributed by atoms with E-state index in [1.807, 2.05) is 0 Å². The minimum Gasteiger partial charge on any atom is -0.387 e. The lowest BCUT2D eigenvalue weighted by molar-refractivity contribution is 0.208. The summed E-state index contributed by atoms with van der Waals surface area (Å²) in [5, 5.41) is 9.27. The largest absolute Gasteiger partial charge is 0.387 e. The van der Waals surface area contributed by atoms with Crippen LogP contribution in [0.2, 0.25) is 0 Å². The zero-order chi connectivity index (χ0) is 10.6. The van der Waals surface area contributed by atoms with E-state index in [0.717, 1.165) is 5.56 Å². The molecule has 0 aliphatic carbocycles. The van der Waals surface area contributed by atoms with Crippen LogP contribution >= 0.6 is 11.6 Å². The minimum absolute atomic E-state index is 0.00730. The molecular weight excluding hydrogens is 203 g/mol. The van der Waals surface area contributed by atoms with Crippen LogP contribution in [0.5, 0.6) is 0 Å². The molecule has 0 aliphatic heterocycles. The van der Waals surface area contributed by atoms with E-state index in [1.54, 1.807) is 12.1 Å². The van der Waals surface area contributed by atoms with Crippen molar-refractivity contribution in [2.45, 2.75) is 18.9 Å². The molecule has 1 radical (unpaired) electrons. The summed E-state index contributed by atoms with van der Waals surface area (Å²) >= 11 is 5.40. The number of halogens is 2. The Morgan fingerprint density at radius 2 is 2.00 bits per heavy atom. The second-order valence-corrected chi connectivity index (χ2v) is 3.50. The second kappa shape index (κ2) is 5.13. The van der Waals surface area contributed by atoms with Crippen LogP contribution in [0.3, 0.4) is 0 Å². The third-order valence-electron chi connectivity index (χ3n) is 1.94. The van der Waals surface area contributed by atoms with Crippen molar-refractivity contribution in [3.63, 3.8) is 0 Å². The predicted octanol–water partition coefficient (Wildman–Crippen LogP) is 2.67. The first kappa shape index (κ1) is 11.2. The molecule has 3 heteroatoms. The van der Waals surface area contributed by atoms with Gasteiger partial charge in [0.2, 0.25) is 0 Å². The van der Waals surface area contributed by atoms with Crippen molar-refractivity contribution in [2.75, 3.05) is 0 Å². The molecule has 1 unspecified atom stereocenters. The lowest BCUT2D eigenvalue weighted by atomic mass is 10.1. The van der Waals surface area contributed by atoms with Crippen LogP contribution in [-0.4, -0.2) is 11.2 Å². The fourth-order valence-corrected chi connectivity index (χ4v) is 1.20. The van der Waals surface area contributed by atoms with E-state index in [2.05, 4.69) is 0 Å². The maximum atomic E-state index is 12.5. The maximum Gasteiger partial charge on any atom is 0.123 e. The van der Waals surface area contributed by atoms with Crippen molar-refractivity contribution in [2.24, 2.45) is 0 Å². The van der Waals surface area contributed by atoms with Crippen LogP contribution in [0.25, 0.3) is 0 Å². The van der Waals surface area contributed by atoms with E-state index in [0.29, 0.717) is 12.8 Å². The Balaban J connectivity index is 2.46. The zero-order valence-corrected chi connectivity index (χ0v) is 8.34. The van der Waals surface area contributed by atoms with Gasteiger partial charge in [-0.3, -0.25) is 0 Å². The molecule has 0 aliphatic rings. The summed E-state index contributed by atoms with van der Waals surface area (Å²) in [4.78, 5) is 0. The third-order valence-corrected chi connectivity index (χ3v) is 2.19. The van der Waals surface area contributed by atoms with Gasteiger partial charge >= 0.3 is 0 Å². The molecule has 1 nitrogen and oxygen atoms in total. The Bertz CT molecular complexity index is 308. The summed E-state index contributed by atoms with van der Waals surface area (Å²) < 4.78 is 12.5. The molecule has 1 atom stereocenters. The van der Waals surface area contributed by atoms with Crippen LogP contribution in [0.1, 0.15) is 12.0 Å². The molecule has 0 saturated carbocycles. The van der Waals surface area contributed by atoms with Crippen LogP contribution < -0.4 is 0 Å². The molecule has 0 saturated heterocycles. The molecule has 0 spiro atoms. The molecule has 1 N–H and O–H groups in total.